The summed E-state index contributed by atoms with van der Waals surface area (Å²) in [6, 6.07) is 16.8. The Bertz CT molecular complexity index is 962. The summed E-state index contributed by atoms with van der Waals surface area (Å²) in [6.07, 6.45) is 3.55. The standard InChI is InChI=1S/C23H27BrN4S/c1-4-5-6-18-9-13-21(14-10-18)25-23(29)26-22-16(2)27-28(17(22)3)15-19-7-11-20(24)12-8-19/h7-14H,4-6,15H2,1-3H3,(H2,25,26,29). The van der Waals surface area contributed by atoms with E-state index in [0.717, 1.165) is 40.2 Å². The summed E-state index contributed by atoms with van der Waals surface area (Å²) < 4.78 is 3.08. The molecule has 0 radical (unpaired) electrons. The average molecular weight is 471 g/mol. The van der Waals surface area contributed by atoms with Gasteiger partial charge in [0.25, 0.3) is 0 Å². The molecular weight excluding hydrogens is 444 g/mol. The smallest absolute Gasteiger partial charge is 0.175 e. The number of nitrogens with zero attached hydrogens (tertiary/aromatic N) is 2. The molecule has 0 fully saturated rings. The number of hydrogen-bond acceptors (Lipinski definition) is 2. The normalized spacial score (nSPS) is 10.8. The molecule has 0 unspecified atom stereocenters. The van der Waals surface area contributed by atoms with Crippen LogP contribution in [0.25, 0.3) is 0 Å². The molecule has 2 N–H and O–H groups in total. The fourth-order valence-corrected chi connectivity index (χ4v) is 3.69. The van der Waals surface area contributed by atoms with Gasteiger partial charge in [0.1, 0.15) is 0 Å². The van der Waals surface area contributed by atoms with Crippen molar-refractivity contribution < 1.29 is 0 Å². The zero-order valence-electron chi connectivity index (χ0n) is 17.1. The molecule has 152 valence electrons. The summed E-state index contributed by atoms with van der Waals surface area (Å²) in [6.45, 7) is 7.00. The molecule has 3 aromatic rings. The molecule has 0 amide bonds. The monoisotopic (exact) mass is 470 g/mol. The Morgan fingerprint density at radius 2 is 1.66 bits per heavy atom. The summed E-state index contributed by atoms with van der Waals surface area (Å²) in [5, 5.41) is 11.8. The molecule has 1 heterocycles. The highest BCUT2D eigenvalue weighted by Crippen LogP contribution is 2.22. The number of unbranched alkanes of at least 4 members (excludes halogenated alkanes) is 1. The first-order chi connectivity index (χ1) is 14.0. The minimum atomic E-state index is 0.570. The van der Waals surface area contributed by atoms with Gasteiger partial charge in [-0.3, -0.25) is 4.68 Å². The number of aryl methyl sites for hydroxylation is 2. The second kappa shape index (κ2) is 10.0. The highest BCUT2D eigenvalue weighted by atomic mass is 79.9. The first-order valence-electron chi connectivity index (χ1n) is 9.91. The lowest BCUT2D eigenvalue weighted by Crippen LogP contribution is -2.20. The molecule has 29 heavy (non-hydrogen) atoms. The van der Waals surface area contributed by atoms with E-state index in [2.05, 4.69) is 81.9 Å². The van der Waals surface area contributed by atoms with Crippen LogP contribution in [0.3, 0.4) is 0 Å². The second-order valence-electron chi connectivity index (χ2n) is 7.21. The fraction of sp³-hybridized carbons (Fsp3) is 0.304. The van der Waals surface area contributed by atoms with Gasteiger partial charge in [0.2, 0.25) is 0 Å². The van der Waals surface area contributed by atoms with Gasteiger partial charge in [-0.2, -0.15) is 5.10 Å². The lowest BCUT2D eigenvalue weighted by Gasteiger charge is -2.12. The van der Waals surface area contributed by atoms with E-state index in [1.165, 1.54) is 24.0 Å². The van der Waals surface area contributed by atoms with Gasteiger partial charge in [0, 0.05) is 10.2 Å². The number of benzene rings is 2. The summed E-state index contributed by atoms with van der Waals surface area (Å²) in [5.74, 6) is 0. The number of hydrogen-bond donors (Lipinski definition) is 2. The van der Waals surface area contributed by atoms with Crippen molar-refractivity contribution in [1.82, 2.24) is 9.78 Å². The predicted molar refractivity (Wildman–Crippen MR) is 130 cm³/mol. The first kappa shape index (κ1) is 21.5. The van der Waals surface area contributed by atoms with Crippen molar-refractivity contribution in [2.24, 2.45) is 0 Å². The van der Waals surface area contributed by atoms with Crippen molar-refractivity contribution in [2.45, 2.75) is 46.6 Å². The van der Waals surface area contributed by atoms with Gasteiger partial charge in [0.05, 0.1) is 23.6 Å². The highest BCUT2D eigenvalue weighted by Gasteiger charge is 2.13. The van der Waals surface area contributed by atoms with Crippen molar-refractivity contribution in [3.8, 4) is 0 Å². The lowest BCUT2D eigenvalue weighted by molar-refractivity contribution is 0.659. The van der Waals surface area contributed by atoms with Gasteiger partial charge >= 0.3 is 0 Å². The highest BCUT2D eigenvalue weighted by molar-refractivity contribution is 9.10. The summed E-state index contributed by atoms with van der Waals surface area (Å²) in [5.41, 5.74) is 6.49. The van der Waals surface area contributed by atoms with E-state index in [1.54, 1.807) is 0 Å². The molecule has 0 saturated carbocycles. The third-order valence-electron chi connectivity index (χ3n) is 4.90. The van der Waals surface area contributed by atoms with Crippen LogP contribution < -0.4 is 10.6 Å². The van der Waals surface area contributed by atoms with E-state index in [4.69, 9.17) is 12.2 Å². The van der Waals surface area contributed by atoms with Gasteiger partial charge in [-0.05, 0) is 74.3 Å². The minimum Gasteiger partial charge on any atom is -0.332 e. The van der Waals surface area contributed by atoms with E-state index in [1.807, 2.05) is 23.7 Å². The number of halogens is 1. The van der Waals surface area contributed by atoms with Crippen molar-refractivity contribution in [1.29, 1.82) is 0 Å². The van der Waals surface area contributed by atoms with Gasteiger partial charge in [0.15, 0.2) is 5.11 Å². The topological polar surface area (TPSA) is 41.9 Å². The maximum Gasteiger partial charge on any atom is 0.175 e. The quantitative estimate of drug-likeness (QED) is 0.388. The molecule has 3 rings (SSSR count). The lowest BCUT2D eigenvalue weighted by atomic mass is 10.1. The number of aromatic nitrogens is 2. The van der Waals surface area contributed by atoms with Crippen LogP contribution in [0.5, 0.6) is 0 Å². The largest absolute Gasteiger partial charge is 0.332 e. The molecule has 6 heteroatoms. The average Bonchev–Trinajstić information content (AvgIpc) is 2.96. The molecule has 0 aliphatic heterocycles. The molecule has 0 saturated heterocycles. The van der Waals surface area contributed by atoms with E-state index < -0.39 is 0 Å². The zero-order valence-corrected chi connectivity index (χ0v) is 19.5. The molecule has 0 spiro atoms. The Balaban J connectivity index is 1.64. The van der Waals surface area contributed by atoms with E-state index >= 15 is 0 Å². The third kappa shape index (κ3) is 5.90. The zero-order chi connectivity index (χ0) is 20.8. The number of rotatable bonds is 7. The van der Waals surface area contributed by atoms with Crippen molar-refractivity contribution in [3.63, 3.8) is 0 Å². The molecule has 0 aliphatic carbocycles. The Labute approximate surface area is 186 Å². The van der Waals surface area contributed by atoms with Crippen LogP contribution in [-0.4, -0.2) is 14.9 Å². The number of anilines is 2. The third-order valence-corrected chi connectivity index (χ3v) is 5.63. The molecule has 0 aliphatic rings. The van der Waals surface area contributed by atoms with Crippen molar-refractivity contribution in [2.75, 3.05) is 10.6 Å². The van der Waals surface area contributed by atoms with Crippen LogP contribution in [0, 0.1) is 13.8 Å². The van der Waals surface area contributed by atoms with Crippen LogP contribution in [0.15, 0.2) is 53.0 Å². The Kier molecular flexibility index (Phi) is 7.45. The Morgan fingerprint density at radius 3 is 2.31 bits per heavy atom. The minimum absolute atomic E-state index is 0.570. The van der Waals surface area contributed by atoms with Crippen molar-refractivity contribution in [3.05, 3.63) is 75.5 Å². The SMILES string of the molecule is CCCCc1ccc(NC(=S)Nc2c(C)nn(Cc3ccc(Br)cc3)c2C)cc1. The van der Waals surface area contributed by atoms with E-state index in [9.17, 15) is 0 Å². The van der Waals surface area contributed by atoms with Crippen LogP contribution in [0.1, 0.15) is 42.3 Å². The molecule has 4 nitrogen and oxygen atoms in total. The van der Waals surface area contributed by atoms with E-state index in [-0.39, 0.29) is 0 Å². The Hall–Kier alpha value is -2.18. The van der Waals surface area contributed by atoms with E-state index in [0.29, 0.717) is 5.11 Å². The van der Waals surface area contributed by atoms with Crippen LogP contribution >= 0.6 is 28.1 Å². The van der Waals surface area contributed by atoms with Crippen LogP contribution in [0.2, 0.25) is 0 Å². The van der Waals surface area contributed by atoms with Crippen LogP contribution in [-0.2, 0) is 13.0 Å². The van der Waals surface area contributed by atoms with Gasteiger partial charge in [-0.25, -0.2) is 0 Å². The van der Waals surface area contributed by atoms with Gasteiger partial charge < -0.3 is 10.6 Å². The molecule has 1 aromatic heterocycles. The molecule has 0 atom stereocenters. The maximum absolute atomic E-state index is 5.53. The fourth-order valence-electron chi connectivity index (χ4n) is 3.21. The van der Waals surface area contributed by atoms with Gasteiger partial charge in [-0.15, -0.1) is 0 Å². The van der Waals surface area contributed by atoms with Crippen molar-refractivity contribution >= 4 is 44.6 Å². The Morgan fingerprint density at radius 1 is 1.00 bits per heavy atom. The first-order valence-corrected chi connectivity index (χ1v) is 11.1. The molecular formula is C23H27BrN4S. The molecule has 0 bridgehead atoms. The number of thiocarbonyl (C=S) groups is 1. The second-order valence-corrected chi connectivity index (χ2v) is 8.53. The summed E-state index contributed by atoms with van der Waals surface area (Å²) >= 11 is 9.01. The predicted octanol–water partition coefficient (Wildman–Crippen LogP) is 6.46. The summed E-state index contributed by atoms with van der Waals surface area (Å²) in [4.78, 5) is 0. The maximum atomic E-state index is 5.53. The molecule has 2 aromatic carbocycles. The van der Waals surface area contributed by atoms with Crippen LogP contribution in [0.4, 0.5) is 11.4 Å². The van der Waals surface area contributed by atoms with Gasteiger partial charge in [-0.1, -0.05) is 53.5 Å². The number of nitrogens with one attached hydrogen (secondary N) is 2. The summed E-state index contributed by atoms with van der Waals surface area (Å²) in [7, 11) is 0.